The van der Waals surface area contributed by atoms with Crippen LogP contribution >= 0.6 is 0 Å². The monoisotopic (exact) mass is 283 g/mol. The second kappa shape index (κ2) is 8.39. The van der Waals surface area contributed by atoms with Crippen molar-refractivity contribution in [3.8, 4) is 11.5 Å². The van der Waals surface area contributed by atoms with E-state index in [0.29, 0.717) is 31.1 Å². The van der Waals surface area contributed by atoms with Gasteiger partial charge < -0.3 is 24.7 Å². The number of nitrogens with two attached hydrogens (primary N) is 1. The molecule has 0 saturated heterocycles. The number of carbonyl (C=O) groups excluding carboxylic acids is 1. The molecule has 0 amide bonds. The predicted molar refractivity (Wildman–Crippen MR) is 74.1 cm³/mol. The lowest BCUT2D eigenvalue weighted by Gasteiger charge is -2.13. The van der Waals surface area contributed by atoms with E-state index in [-0.39, 0.29) is 0 Å². The number of hydrogen-bond acceptors (Lipinski definition) is 6. The zero-order valence-corrected chi connectivity index (χ0v) is 12.0. The van der Waals surface area contributed by atoms with Crippen molar-refractivity contribution in [2.75, 3.05) is 34.5 Å². The molecule has 1 aromatic carbocycles. The number of methoxy groups -OCH3 is 3. The van der Waals surface area contributed by atoms with Gasteiger partial charge in [-0.1, -0.05) is 6.07 Å². The molecule has 112 valence electrons. The summed E-state index contributed by atoms with van der Waals surface area (Å²) in [5.74, 6) is 0.778. The fourth-order valence-electron chi connectivity index (χ4n) is 1.68. The second-order valence-corrected chi connectivity index (χ2v) is 4.16. The minimum Gasteiger partial charge on any atom is -0.493 e. The summed E-state index contributed by atoms with van der Waals surface area (Å²) < 4.78 is 20.3. The van der Waals surface area contributed by atoms with Gasteiger partial charge in [0.15, 0.2) is 11.5 Å². The van der Waals surface area contributed by atoms with Crippen LogP contribution in [0.4, 0.5) is 0 Å². The first-order valence-corrected chi connectivity index (χ1v) is 6.24. The minimum absolute atomic E-state index is 0.376. The Kier molecular flexibility index (Phi) is 6.83. The third-order valence-corrected chi connectivity index (χ3v) is 2.73. The molecule has 0 aliphatic carbocycles. The normalized spacial score (nSPS) is 11.8. The molecule has 0 saturated carbocycles. The van der Waals surface area contributed by atoms with Crippen LogP contribution in [0.15, 0.2) is 18.2 Å². The molecule has 1 aromatic rings. The van der Waals surface area contributed by atoms with Gasteiger partial charge in [-0.2, -0.15) is 0 Å². The molecular formula is C14H21NO5. The molecule has 0 aliphatic heterocycles. The zero-order valence-electron chi connectivity index (χ0n) is 12.0. The van der Waals surface area contributed by atoms with E-state index in [9.17, 15) is 4.79 Å². The largest absolute Gasteiger partial charge is 0.493 e. The number of esters is 1. The molecule has 6 nitrogen and oxygen atoms in total. The van der Waals surface area contributed by atoms with Crippen molar-refractivity contribution < 1.29 is 23.7 Å². The summed E-state index contributed by atoms with van der Waals surface area (Å²) in [7, 11) is 4.48. The van der Waals surface area contributed by atoms with Crippen molar-refractivity contribution in [1.82, 2.24) is 0 Å². The standard InChI is InChI=1S/C14H21NO5/c1-17-6-7-20-12-5-4-10(9-13(12)18-2)8-11(15)14(16)19-3/h4-5,9,11H,6-8,15H2,1-3H3. The van der Waals surface area contributed by atoms with Crippen LogP contribution < -0.4 is 15.2 Å². The van der Waals surface area contributed by atoms with Gasteiger partial charge in [0.2, 0.25) is 0 Å². The lowest BCUT2D eigenvalue weighted by molar-refractivity contribution is -0.142. The molecule has 2 N–H and O–H groups in total. The molecule has 0 radical (unpaired) electrons. The Bertz CT molecular complexity index is 436. The summed E-state index contributed by atoms with van der Waals surface area (Å²) in [6.45, 7) is 0.937. The molecule has 0 aliphatic rings. The first kappa shape index (κ1) is 16.3. The van der Waals surface area contributed by atoms with Crippen molar-refractivity contribution in [2.45, 2.75) is 12.5 Å². The van der Waals surface area contributed by atoms with Crippen molar-refractivity contribution in [3.63, 3.8) is 0 Å². The van der Waals surface area contributed by atoms with Crippen LogP contribution in [0.25, 0.3) is 0 Å². The molecule has 6 heteroatoms. The predicted octanol–water partition coefficient (Wildman–Crippen LogP) is 0.763. The fraction of sp³-hybridized carbons (Fsp3) is 0.500. The van der Waals surface area contributed by atoms with Gasteiger partial charge in [-0.15, -0.1) is 0 Å². The molecule has 0 spiro atoms. The van der Waals surface area contributed by atoms with Crippen molar-refractivity contribution in [1.29, 1.82) is 0 Å². The lowest BCUT2D eigenvalue weighted by atomic mass is 10.1. The van der Waals surface area contributed by atoms with Crippen molar-refractivity contribution in [3.05, 3.63) is 23.8 Å². The van der Waals surface area contributed by atoms with Gasteiger partial charge in [0.25, 0.3) is 0 Å². The van der Waals surface area contributed by atoms with Gasteiger partial charge in [-0.3, -0.25) is 4.79 Å². The lowest BCUT2D eigenvalue weighted by Crippen LogP contribution is -2.33. The number of hydrogen-bond donors (Lipinski definition) is 1. The number of carbonyl (C=O) groups is 1. The van der Waals surface area contributed by atoms with Crippen molar-refractivity contribution >= 4 is 5.97 Å². The Balaban J connectivity index is 2.73. The zero-order chi connectivity index (χ0) is 15.0. The minimum atomic E-state index is -0.690. The van der Waals surface area contributed by atoms with E-state index in [4.69, 9.17) is 19.9 Å². The molecule has 1 atom stereocenters. The highest BCUT2D eigenvalue weighted by Gasteiger charge is 2.15. The summed E-state index contributed by atoms with van der Waals surface area (Å²) in [5, 5.41) is 0. The van der Waals surface area contributed by atoms with Crippen LogP contribution in [-0.2, 0) is 20.7 Å². The number of benzene rings is 1. The van der Waals surface area contributed by atoms with Gasteiger partial charge in [-0.25, -0.2) is 0 Å². The van der Waals surface area contributed by atoms with Crippen LogP contribution in [0.3, 0.4) is 0 Å². The molecule has 1 rings (SSSR count). The number of ether oxygens (including phenoxy) is 4. The topological polar surface area (TPSA) is 80.0 Å². The van der Waals surface area contributed by atoms with E-state index < -0.39 is 12.0 Å². The highest BCUT2D eigenvalue weighted by molar-refractivity contribution is 5.75. The van der Waals surface area contributed by atoms with E-state index in [2.05, 4.69) is 4.74 Å². The van der Waals surface area contributed by atoms with Gasteiger partial charge in [0.1, 0.15) is 12.6 Å². The van der Waals surface area contributed by atoms with E-state index in [1.54, 1.807) is 26.4 Å². The molecule has 1 unspecified atom stereocenters. The maximum atomic E-state index is 11.3. The van der Waals surface area contributed by atoms with Gasteiger partial charge in [-0.05, 0) is 24.1 Å². The summed E-state index contributed by atoms with van der Waals surface area (Å²) in [6, 6.07) is 4.73. The third kappa shape index (κ3) is 4.71. The smallest absolute Gasteiger partial charge is 0.322 e. The summed E-state index contributed by atoms with van der Waals surface area (Å²) in [4.78, 5) is 11.3. The summed E-state index contributed by atoms with van der Waals surface area (Å²) in [5.41, 5.74) is 6.60. The molecule has 0 aromatic heterocycles. The Morgan fingerprint density at radius 2 is 1.95 bits per heavy atom. The first-order valence-electron chi connectivity index (χ1n) is 6.24. The first-order chi connectivity index (χ1) is 9.62. The van der Waals surface area contributed by atoms with Crippen molar-refractivity contribution in [2.24, 2.45) is 5.73 Å². The second-order valence-electron chi connectivity index (χ2n) is 4.16. The molecular weight excluding hydrogens is 262 g/mol. The molecule has 0 bridgehead atoms. The van der Waals surface area contributed by atoms with Gasteiger partial charge >= 0.3 is 5.97 Å². The highest BCUT2D eigenvalue weighted by Crippen LogP contribution is 2.28. The Morgan fingerprint density at radius 3 is 2.55 bits per heavy atom. The Hall–Kier alpha value is -1.79. The maximum Gasteiger partial charge on any atom is 0.322 e. The number of rotatable bonds is 8. The van der Waals surface area contributed by atoms with Gasteiger partial charge in [0.05, 0.1) is 20.8 Å². The Labute approximate surface area is 118 Å². The van der Waals surface area contributed by atoms with Crippen LogP contribution in [0.2, 0.25) is 0 Å². The van der Waals surface area contributed by atoms with Gasteiger partial charge in [0, 0.05) is 7.11 Å². The summed E-state index contributed by atoms with van der Waals surface area (Å²) >= 11 is 0. The average Bonchev–Trinajstić information content (AvgIpc) is 2.47. The van der Waals surface area contributed by atoms with Crippen LogP contribution in [0.1, 0.15) is 5.56 Å². The van der Waals surface area contributed by atoms with E-state index in [0.717, 1.165) is 5.56 Å². The van der Waals surface area contributed by atoms with E-state index in [1.165, 1.54) is 7.11 Å². The van der Waals surface area contributed by atoms with Crippen LogP contribution in [-0.4, -0.2) is 46.6 Å². The maximum absolute atomic E-state index is 11.3. The SMILES string of the molecule is COCCOc1ccc(CC(N)C(=O)OC)cc1OC. The molecule has 0 heterocycles. The van der Waals surface area contributed by atoms with E-state index in [1.807, 2.05) is 6.07 Å². The van der Waals surface area contributed by atoms with E-state index >= 15 is 0 Å². The Morgan fingerprint density at radius 1 is 1.20 bits per heavy atom. The van der Waals surface area contributed by atoms with Crippen LogP contribution in [0, 0.1) is 0 Å². The molecule has 20 heavy (non-hydrogen) atoms. The quantitative estimate of drug-likeness (QED) is 0.560. The van der Waals surface area contributed by atoms with Crippen LogP contribution in [0.5, 0.6) is 11.5 Å². The molecule has 0 fully saturated rings. The third-order valence-electron chi connectivity index (χ3n) is 2.73. The average molecular weight is 283 g/mol. The highest BCUT2D eigenvalue weighted by atomic mass is 16.5. The summed E-state index contributed by atoms with van der Waals surface area (Å²) in [6.07, 6.45) is 0.376. The fourth-order valence-corrected chi connectivity index (χ4v) is 1.68.